The predicted molar refractivity (Wildman–Crippen MR) is 61.3 cm³/mol. The third-order valence-corrected chi connectivity index (χ3v) is 2.61. The van der Waals surface area contributed by atoms with Crippen molar-refractivity contribution in [1.29, 1.82) is 0 Å². The van der Waals surface area contributed by atoms with Crippen LogP contribution in [0.4, 0.5) is 0 Å². The molecule has 0 radical (unpaired) electrons. The molecule has 0 bridgehead atoms. The van der Waals surface area contributed by atoms with Crippen molar-refractivity contribution in [3.05, 3.63) is 33.7 Å². The van der Waals surface area contributed by atoms with E-state index in [-0.39, 0.29) is 16.0 Å². The van der Waals surface area contributed by atoms with Gasteiger partial charge in [-0.2, -0.15) is 0 Å². The number of hydrogen-bond acceptors (Lipinski definition) is 3. The number of hydrogen-bond donors (Lipinski definition) is 1. The van der Waals surface area contributed by atoms with Gasteiger partial charge in [0.25, 0.3) is 0 Å². The number of fused-ring (bicyclic) bond motifs is 1. The van der Waals surface area contributed by atoms with E-state index in [0.717, 1.165) is 0 Å². The fraction of sp³-hybridized carbons (Fsp3) is 0.100. The van der Waals surface area contributed by atoms with Crippen LogP contribution in [0.2, 0.25) is 10.4 Å². The molecule has 0 atom stereocenters. The maximum absolute atomic E-state index is 10.9. The van der Waals surface area contributed by atoms with Crippen LogP contribution >= 0.6 is 23.2 Å². The van der Waals surface area contributed by atoms with E-state index in [1.807, 2.05) is 0 Å². The van der Waals surface area contributed by atoms with Crippen molar-refractivity contribution < 1.29 is 9.90 Å². The summed E-state index contributed by atoms with van der Waals surface area (Å²) in [6.45, 7) is 1.75. The second-order valence-corrected chi connectivity index (χ2v) is 3.97. The number of carboxylic acids is 1. The highest BCUT2D eigenvalue weighted by molar-refractivity contribution is 6.36. The Hall–Kier alpha value is -1.39. The Morgan fingerprint density at radius 2 is 2.00 bits per heavy atom. The van der Waals surface area contributed by atoms with Crippen molar-refractivity contribution in [2.45, 2.75) is 6.92 Å². The molecule has 0 aliphatic rings. The van der Waals surface area contributed by atoms with E-state index in [1.165, 1.54) is 12.1 Å². The monoisotopic (exact) mass is 256 g/mol. The lowest BCUT2D eigenvalue weighted by Gasteiger charge is -2.05. The summed E-state index contributed by atoms with van der Waals surface area (Å²) in [6, 6.07) is 2.94. The molecule has 1 N–H and O–H groups in total. The van der Waals surface area contributed by atoms with Gasteiger partial charge in [0.15, 0.2) is 0 Å². The topological polar surface area (TPSA) is 63.1 Å². The van der Waals surface area contributed by atoms with Crippen molar-refractivity contribution in [2.24, 2.45) is 0 Å². The number of nitrogens with zero attached hydrogens (tertiary/aromatic N) is 2. The lowest BCUT2D eigenvalue weighted by atomic mass is 10.1. The Labute approximate surface area is 101 Å². The summed E-state index contributed by atoms with van der Waals surface area (Å²) in [4.78, 5) is 18.6. The third-order valence-electron chi connectivity index (χ3n) is 2.17. The zero-order valence-corrected chi connectivity index (χ0v) is 9.67. The fourth-order valence-corrected chi connectivity index (χ4v) is 2.05. The third kappa shape index (κ3) is 1.81. The quantitative estimate of drug-likeness (QED) is 0.630. The van der Waals surface area contributed by atoms with Crippen LogP contribution in [-0.2, 0) is 0 Å². The van der Waals surface area contributed by atoms with Crippen LogP contribution in [0.3, 0.4) is 0 Å². The number of benzene rings is 1. The molecule has 6 heteroatoms. The number of rotatable bonds is 1. The summed E-state index contributed by atoms with van der Waals surface area (Å²) < 4.78 is 0. The summed E-state index contributed by atoms with van der Waals surface area (Å²) in [7, 11) is 0. The molecule has 0 aliphatic heterocycles. The smallest absolute Gasteiger partial charge is 0.335 e. The molecule has 0 saturated heterocycles. The number of aryl methyl sites for hydroxylation is 1. The average Bonchev–Trinajstić information content (AvgIpc) is 2.15. The molecule has 1 aromatic carbocycles. The van der Waals surface area contributed by atoms with Gasteiger partial charge in [-0.1, -0.05) is 11.6 Å². The molecule has 0 unspecified atom stereocenters. The Morgan fingerprint density at radius 1 is 1.31 bits per heavy atom. The lowest BCUT2D eigenvalue weighted by Crippen LogP contribution is -1.99. The Morgan fingerprint density at radius 3 is 2.62 bits per heavy atom. The van der Waals surface area contributed by atoms with E-state index in [4.69, 9.17) is 28.3 Å². The largest absolute Gasteiger partial charge is 0.478 e. The minimum absolute atomic E-state index is 0.000520. The van der Waals surface area contributed by atoms with Crippen molar-refractivity contribution in [1.82, 2.24) is 9.97 Å². The molecule has 2 aromatic rings. The number of aromatic carboxylic acids is 1. The van der Waals surface area contributed by atoms with E-state index in [2.05, 4.69) is 9.97 Å². The molecular weight excluding hydrogens is 251 g/mol. The van der Waals surface area contributed by atoms with Gasteiger partial charge in [-0.25, -0.2) is 14.8 Å². The highest BCUT2D eigenvalue weighted by atomic mass is 35.5. The maximum atomic E-state index is 10.9. The summed E-state index contributed by atoms with van der Waals surface area (Å²) in [5.41, 5.74) is 1.29. The normalized spacial score (nSPS) is 10.7. The van der Waals surface area contributed by atoms with E-state index >= 15 is 0 Å². The summed E-state index contributed by atoms with van der Waals surface area (Å²) in [5.74, 6) is -1.02. The summed E-state index contributed by atoms with van der Waals surface area (Å²) in [6.07, 6.45) is 0. The van der Waals surface area contributed by atoms with Crippen molar-refractivity contribution in [3.8, 4) is 0 Å². The van der Waals surface area contributed by atoms with Gasteiger partial charge < -0.3 is 5.11 Å². The van der Waals surface area contributed by atoms with E-state index in [0.29, 0.717) is 16.5 Å². The predicted octanol–water partition coefficient (Wildman–Crippen LogP) is 2.94. The van der Waals surface area contributed by atoms with Crippen molar-refractivity contribution >= 4 is 40.1 Å². The lowest BCUT2D eigenvalue weighted by molar-refractivity contribution is 0.0697. The van der Waals surface area contributed by atoms with E-state index < -0.39 is 5.97 Å². The van der Waals surface area contributed by atoms with Gasteiger partial charge in [0.2, 0.25) is 5.28 Å². The first kappa shape index (κ1) is 11.1. The van der Waals surface area contributed by atoms with Gasteiger partial charge in [-0.3, -0.25) is 0 Å². The molecule has 4 nitrogen and oxygen atoms in total. The van der Waals surface area contributed by atoms with Crippen molar-refractivity contribution in [2.75, 3.05) is 0 Å². The summed E-state index contributed by atoms with van der Waals surface area (Å²) >= 11 is 11.6. The van der Waals surface area contributed by atoms with Crippen LogP contribution in [-0.4, -0.2) is 21.0 Å². The maximum Gasteiger partial charge on any atom is 0.335 e. The molecule has 2 rings (SSSR count). The molecule has 1 heterocycles. The van der Waals surface area contributed by atoms with Crippen LogP contribution in [0.5, 0.6) is 0 Å². The molecule has 0 amide bonds. The zero-order valence-electron chi connectivity index (χ0n) is 8.16. The number of carboxylic acid groups (broad SMARTS) is 1. The first-order chi connectivity index (χ1) is 7.49. The second kappa shape index (κ2) is 3.88. The average molecular weight is 257 g/mol. The second-order valence-electron chi connectivity index (χ2n) is 3.28. The molecular formula is C10H6Cl2N2O2. The van der Waals surface area contributed by atoms with Crippen LogP contribution in [0.15, 0.2) is 12.1 Å². The first-order valence-corrected chi connectivity index (χ1v) is 5.11. The van der Waals surface area contributed by atoms with Gasteiger partial charge >= 0.3 is 5.97 Å². The zero-order chi connectivity index (χ0) is 11.9. The number of aromatic nitrogens is 2. The highest BCUT2D eigenvalue weighted by Crippen LogP contribution is 2.26. The van der Waals surface area contributed by atoms with Crippen LogP contribution in [0, 0.1) is 6.92 Å². The Bertz CT molecular complexity index is 599. The molecule has 0 spiro atoms. The first-order valence-electron chi connectivity index (χ1n) is 4.35. The highest BCUT2D eigenvalue weighted by Gasteiger charge is 2.11. The summed E-state index contributed by atoms with van der Waals surface area (Å²) in [5, 5.41) is 9.75. The number of carbonyl (C=O) groups is 1. The SMILES string of the molecule is Cc1cc(C(=O)O)cc2nc(Cl)nc(Cl)c12. The van der Waals surface area contributed by atoms with Gasteiger partial charge in [-0.15, -0.1) is 0 Å². The fourth-order valence-electron chi connectivity index (χ4n) is 1.51. The van der Waals surface area contributed by atoms with Crippen LogP contribution in [0.25, 0.3) is 10.9 Å². The Balaban J connectivity index is 2.87. The molecule has 82 valence electrons. The van der Waals surface area contributed by atoms with Gasteiger partial charge in [0, 0.05) is 5.39 Å². The van der Waals surface area contributed by atoms with Crippen molar-refractivity contribution in [3.63, 3.8) is 0 Å². The molecule has 0 aliphatic carbocycles. The standard InChI is InChI=1S/C10H6Cl2N2O2/c1-4-2-5(9(15)16)3-6-7(4)8(11)14-10(12)13-6/h2-3H,1H3,(H,15,16). The molecule has 1 aromatic heterocycles. The van der Waals surface area contributed by atoms with E-state index in [9.17, 15) is 4.79 Å². The molecule has 16 heavy (non-hydrogen) atoms. The Kier molecular flexibility index (Phi) is 2.69. The van der Waals surface area contributed by atoms with E-state index in [1.54, 1.807) is 6.92 Å². The van der Waals surface area contributed by atoms with Gasteiger partial charge in [0.1, 0.15) is 5.15 Å². The van der Waals surface area contributed by atoms with Gasteiger partial charge in [-0.05, 0) is 36.2 Å². The minimum Gasteiger partial charge on any atom is -0.478 e. The number of halogens is 2. The van der Waals surface area contributed by atoms with Crippen LogP contribution < -0.4 is 0 Å². The molecule has 0 fully saturated rings. The van der Waals surface area contributed by atoms with Gasteiger partial charge in [0.05, 0.1) is 11.1 Å². The minimum atomic E-state index is -1.02. The van der Waals surface area contributed by atoms with Crippen LogP contribution in [0.1, 0.15) is 15.9 Å². The molecule has 0 saturated carbocycles.